The third kappa shape index (κ3) is 4.58. The van der Waals surface area contributed by atoms with E-state index in [0.717, 1.165) is 11.1 Å². The van der Waals surface area contributed by atoms with Crippen molar-refractivity contribution in [3.8, 4) is 17.1 Å². The summed E-state index contributed by atoms with van der Waals surface area (Å²) in [5, 5.41) is 5.10. The molecule has 0 amide bonds. The van der Waals surface area contributed by atoms with Gasteiger partial charge in [-0.3, -0.25) is 0 Å². The second-order valence-electron chi connectivity index (χ2n) is 6.86. The predicted molar refractivity (Wildman–Crippen MR) is 108 cm³/mol. The van der Waals surface area contributed by atoms with Crippen LogP contribution in [-0.2, 0) is 6.54 Å². The second kappa shape index (κ2) is 8.10. The fraction of sp³-hybridized carbons (Fsp3) is 0.250. The molecule has 0 bridgehead atoms. The van der Waals surface area contributed by atoms with Crippen LogP contribution < -0.4 is 9.64 Å². The van der Waals surface area contributed by atoms with Crippen molar-refractivity contribution in [1.29, 1.82) is 0 Å². The molecule has 0 spiro atoms. The average molecular weight is 452 g/mol. The fourth-order valence-corrected chi connectivity index (χ4v) is 3.27. The molecule has 0 saturated carbocycles. The van der Waals surface area contributed by atoms with Crippen LogP contribution in [0.2, 0.25) is 5.02 Å². The largest absolute Gasteiger partial charge is 0.468 e. The van der Waals surface area contributed by atoms with Crippen LogP contribution in [0.15, 0.2) is 47.0 Å². The van der Waals surface area contributed by atoms with E-state index in [1.165, 1.54) is 12.3 Å². The molecule has 0 atom stereocenters. The summed E-state index contributed by atoms with van der Waals surface area (Å²) >= 11 is 6.33. The average Bonchev–Trinajstić information content (AvgIpc) is 3.24. The lowest BCUT2D eigenvalue weighted by Crippen LogP contribution is -2.20. The normalized spacial score (nSPS) is 11.8. The molecular weight excluding hydrogens is 435 g/mol. The highest BCUT2D eigenvalue weighted by molar-refractivity contribution is 6.33. The van der Waals surface area contributed by atoms with E-state index in [-0.39, 0.29) is 5.88 Å². The van der Waals surface area contributed by atoms with Gasteiger partial charge in [0.15, 0.2) is 6.61 Å². The van der Waals surface area contributed by atoms with Crippen LogP contribution >= 0.6 is 11.6 Å². The quantitative estimate of drug-likeness (QED) is 0.414. The first-order valence-electron chi connectivity index (χ1n) is 9.18. The smallest absolute Gasteiger partial charge is 0.422 e. The highest BCUT2D eigenvalue weighted by Gasteiger charge is 2.28. The summed E-state index contributed by atoms with van der Waals surface area (Å²) in [7, 11) is 1.78. The highest BCUT2D eigenvalue weighted by atomic mass is 35.5. The summed E-state index contributed by atoms with van der Waals surface area (Å²) in [5.41, 5.74) is 2.23. The maximum Gasteiger partial charge on any atom is 0.422 e. The van der Waals surface area contributed by atoms with E-state index in [4.69, 9.17) is 16.0 Å². The zero-order chi connectivity index (χ0) is 22.2. The molecule has 0 unspecified atom stereocenters. The summed E-state index contributed by atoms with van der Waals surface area (Å²) in [6, 6.07) is 10.4. The molecule has 1 aromatic carbocycles. The van der Waals surface area contributed by atoms with E-state index in [2.05, 4.69) is 19.8 Å². The number of hydrogen-bond acceptors (Lipinski definition) is 6. The lowest BCUT2D eigenvalue weighted by atomic mass is 10.1. The Morgan fingerprint density at radius 1 is 1.19 bits per heavy atom. The number of aryl methyl sites for hydroxylation is 1. The van der Waals surface area contributed by atoms with E-state index in [0.29, 0.717) is 34.8 Å². The number of benzene rings is 1. The monoisotopic (exact) mass is 451 g/mol. The van der Waals surface area contributed by atoms with Crippen LogP contribution in [0.4, 0.5) is 19.1 Å². The number of pyridine rings is 1. The van der Waals surface area contributed by atoms with Crippen molar-refractivity contribution in [2.24, 2.45) is 0 Å². The topological polar surface area (TPSA) is 68.7 Å². The molecule has 7 nitrogen and oxygen atoms in total. The van der Waals surface area contributed by atoms with Gasteiger partial charge in [-0.1, -0.05) is 35.9 Å². The number of rotatable bonds is 6. The predicted octanol–water partition coefficient (Wildman–Crippen LogP) is 4.92. The minimum Gasteiger partial charge on any atom is -0.468 e. The Kier molecular flexibility index (Phi) is 5.48. The molecule has 0 saturated heterocycles. The molecule has 0 fully saturated rings. The van der Waals surface area contributed by atoms with Crippen LogP contribution in [0.25, 0.3) is 17.1 Å². The van der Waals surface area contributed by atoms with Gasteiger partial charge in [0.05, 0.1) is 5.02 Å². The van der Waals surface area contributed by atoms with E-state index < -0.39 is 12.8 Å². The molecule has 11 heteroatoms. The molecule has 3 heterocycles. The Bertz CT molecular complexity index is 1200. The molecule has 0 aliphatic heterocycles. The van der Waals surface area contributed by atoms with Crippen LogP contribution in [0.3, 0.4) is 0 Å². The molecular formula is C20H17ClF3N5O2. The van der Waals surface area contributed by atoms with Gasteiger partial charge in [-0.25, -0.2) is 4.98 Å². The van der Waals surface area contributed by atoms with Crippen molar-refractivity contribution in [2.75, 3.05) is 18.6 Å². The van der Waals surface area contributed by atoms with Gasteiger partial charge < -0.3 is 14.1 Å². The number of anilines is 1. The van der Waals surface area contributed by atoms with Crippen molar-refractivity contribution >= 4 is 23.4 Å². The lowest BCUT2D eigenvalue weighted by Gasteiger charge is -2.15. The highest BCUT2D eigenvalue weighted by Crippen LogP contribution is 2.32. The molecule has 4 aromatic rings. The van der Waals surface area contributed by atoms with Gasteiger partial charge in [0.2, 0.25) is 11.8 Å². The number of fused-ring (bicyclic) bond motifs is 1. The first-order valence-corrected chi connectivity index (χ1v) is 9.56. The summed E-state index contributed by atoms with van der Waals surface area (Å²) in [5.74, 6) is 1.27. The number of hydrogen-bond donors (Lipinski definition) is 0. The SMILES string of the molecule is Cc1oc2nc(N(C)Cc3ccc(OCC(F)(F)F)nc3)nn2c1-c1ccccc1Cl. The Morgan fingerprint density at radius 3 is 2.65 bits per heavy atom. The number of halogens is 4. The van der Waals surface area contributed by atoms with E-state index in [1.807, 2.05) is 25.1 Å². The Hall–Kier alpha value is -3.27. The van der Waals surface area contributed by atoms with Gasteiger partial charge in [-0.2, -0.15) is 22.7 Å². The van der Waals surface area contributed by atoms with Crippen LogP contribution in [-0.4, -0.2) is 39.4 Å². The van der Waals surface area contributed by atoms with Gasteiger partial charge in [0.25, 0.3) is 0 Å². The Balaban J connectivity index is 1.52. The van der Waals surface area contributed by atoms with Crippen molar-refractivity contribution < 1.29 is 22.3 Å². The number of alkyl halides is 3. The first kappa shape index (κ1) is 21.0. The second-order valence-corrected chi connectivity index (χ2v) is 7.26. The van der Waals surface area contributed by atoms with Crippen molar-refractivity contribution in [2.45, 2.75) is 19.6 Å². The number of oxazole rings is 1. The maximum absolute atomic E-state index is 12.2. The minimum atomic E-state index is -4.41. The maximum atomic E-state index is 12.2. The summed E-state index contributed by atoms with van der Waals surface area (Å²) < 4.78 is 48.7. The first-order chi connectivity index (χ1) is 14.7. The summed E-state index contributed by atoms with van der Waals surface area (Å²) in [6.07, 6.45) is -2.97. The van der Waals surface area contributed by atoms with E-state index >= 15 is 0 Å². The van der Waals surface area contributed by atoms with Gasteiger partial charge in [-0.15, -0.1) is 5.10 Å². The Morgan fingerprint density at radius 2 is 1.97 bits per heavy atom. The molecule has 31 heavy (non-hydrogen) atoms. The lowest BCUT2D eigenvalue weighted by molar-refractivity contribution is -0.154. The molecule has 4 rings (SSSR count). The van der Waals surface area contributed by atoms with Gasteiger partial charge in [0.1, 0.15) is 11.5 Å². The zero-order valence-electron chi connectivity index (χ0n) is 16.5. The number of aromatic nitrogens is 4. The van der Waals surface area contributed by atoms with Crippen LogP contribution in [0.5, 0.6) is 5.88 Å². The minimum absolute atomic E-state index is 0.0961. The van der Waals surface area contributed by atoms with Crippen LogP contribution in [0.1, 0.15) is 11.3 Å². The molecule has 0 aliphatic rings. The van der Waals surface area contributed by atoms with Gasteiger partial charge >= 0.3 is 12.0 Å². The van der Waals surface area contributed by atoms with Gasteiger partial charge in [0, 0.05) is 31.4 Å². The fourth-order valence-electron chi connectivity index (χ4n) is 3.04. The van der Waals surface area contributed by atoms with Gasteiger partial charge in [-0.05, 0) is 18.6 Å². The molecule has 0 N–H and O–H groups in total. The molecule has 0 radical (unpaired) electrons. The molecule has 162 valence electrons. The van der Waals surface area contributed by atoms with Crippen molar-refractivity contribution in [3.63, 3.8) is 0 Å². The van der Waals surface area contributed by atoms with Crippen LogP contribution in [0, 0.1) is 6.92 Å². The van der Waals surface area contributed by atoms with Crippen molar-refractivity contribution in [3.05, 3.63) is 58.9 Å². The Labute approximate surface area is 180 Å². The van der Waals surface area contributed by atoms with E-state index in [9.17, 15) is 13.2 Å². The standard InChI is InChI=1S/C20H17ClF3N5O2/c1-12-17(14-5-3-4-6-15(14)21)29-19(31-12)26-18(27-29)28(2)10-13-7-8-16(25-9-13)30-11-20(22,23)24/h3-9H,10-11H2,1-2H3. The number of nitrogens with zero attached hydrogens (tertiary/aromatic N) is 5. The van der Waals surface area contributed by atoms with E-state index in [1.54, 1.807) is 28.6 Å². The summed E-state index contributed by atoms with van der Waals surface area (Å²) in [4.78, 5) is 10.1. The molecule has 3 aromatic heterocycles. The zero-order valence-corrected chi connectivity index (χ0v) is 17.3. The summed E-state index contributed by atoms with van der Waals surface area (Å²) in [6.45, 7) is 0.802. The molecule has 0 aliphatic carbocycles. The third-order valence-corrected chi connectivity index (χ3v) is 4.76. The van der Waals surface area contributed by atoms with Crippen molar-refractivity contribution in [1.82, 2.24) is 19.6 Å². The third-order valence-electron chi connectivity index (χ3n) is 4.43. The number of ether oxygens (including phenoxy) is 1.